The fraction of sp³-hybridized carbons (Fsp3) is 0.263. The Morgan fingerprint density at radius 1 is 1.44 bits per heavy atom. The minimum atomic E-state index is -1.30. The van der Waals surface area contributed by atoms with Crippen LogP contribution in [0.5, 0.6) is 0 Å². The van der Waals surface area contributed by atoms with E-state index in [1.165, 1.54) is 6.07 Å². The number of carboxylic acids is 1. The Hall–Kier alpha value is -2.64. The number of fused-ring (bicyclic) bond motifs is 1. The number of hydrogen-bond acceptors (Lipinski definition) is 3. The normalized spacial score (nSPS) is 13.6. The Morgan fingerprint density at radius 2 is 2.15 bits per heavy atom. The summed E-state index contributed by atoms with van der Waals surface area (Å²) >= 11 is 0. The van der Waals surface area contributed by atoms with Crippen LogP contribution in [0.2, 0.25) is 0 Å². The number of pyridine rings is 2. The Labute approximate surface area is 160 Å². The van der Waals surface area contributed by atoms with Crippen molar-refractivity contribution < 1.29 is 14.3 Å². The fourth-order valence-electron chi connectivity index (χ4n) is 3.62. The lowest BCUT2D eigenvalue weighted by atomic mass is 9.97. The van der Waals surface area contributed by atoms with E-state index in [2.05, 4.69) is 4.98 Å². The molecule has 0 amide bonds. The molecule has 3 heterocycles. The molecule has 4 rings (SSSR count). The average Bonchev–Trinajstić information content (AvgIpc) is 3.34. The van der Waals surface area contributed by atoms with Gasteiger partial charge in [-0.25, -0.2) is 9.18 Å². The minimum Gasteiger partial charge on any atom is -0.477 e. The highest BCUT2D eigenvalue weighted by Crippen LogP contribution is 2.44. The van der Waals surface area contributed by atoms with Crippen molar-refractivity contribution in [2.24, 2.45) is 5.73 Å². The molecule has 6 nitrogen and oxygen atoms in total. The molecule has 0 radical (unpaired) electrons. The Balaban J connectivity index is 0.00000210. The second-order valence-electron chi connectivity index (χ2n) is 6.68. The average molecular weight is 392 g/mol. The second kappa shape index (κ2) is 6.83. The van der Waals surface area contributed by atoms with E-state index in [1.807, 2.05) is 0 Å². The highest BCUT2D eigenvalue weighted by Gasteiger charge is 2.30. The molecule has 1 aliphatic carbocycles. The third-order valence-corrected chi connectivity index (χ3v) is 5.03. The van der Waals surface area contributed by atoms with Crippen LogP contribution in [0.1, 0.15) is 45.8 Å². The summed E-state index contributed by atoms with van der Waals surface area (Å²) in [6.07, 6.45) is 4.63. The molecule has 1 saturated carbocycles. The zero-order chi connectivity index (χ0) is 18.6. The zero-order valence-corrected chi connectivity index (χ0v) is 15.4. The van der Waals surface area contributed by atoms with Gasteiger partial charge < -0.3 is 15.8 Å². The van der Waals surface area contributed by atoms with Gasteiger partial charge in [0.05, 0.1) is 11.2 Å². The van der Waals surface area contributed by atoms with E-state index in [-0.39, 0.29) is 30.4 Å². The number of aromatic nitrogens is 2. The quantitative estimate of drug-likeness (QED) is 0.635. The molecule has 0 saturated heterocycles. The minimum absolute atomic E-state index is 0. The first-order valence-corrected chi connectivity index (χ1v) is 8.42. The van der Waals surface area contributed by atoms with Crippen molar-refractivity contribution in [3.63, 3.8) is 0 Å². The lowest BCUT2D eigenvalue weighted by Gasteiger charge is -2.16. The van der Waals surface area contributed by atoms with E-state index in [4.69, 9.17) is 5.73 Å². The van der Waals surface area contributed by atoms with E-state index in [0.29, 0.717) is 22.3 Å². The maximum Gasteiger partial charge on any atom is 0.341 e. The monoisotopic (exact) mass is 391 g/mol. The van der Waals surface area contributed by atoms with Crippen LogP contribution in [-0.2, 0) is 6.54 Å². The topological polar surface area (TPSA) is 101 Å². The molecular formula is C19H19ClFN3O3. The van der Waals surface area contributed by atoms with Crippen LogP contribution < -0.4 is 11.3 Å². The van der Waals surface area contributed by atoms with Gasteiger partial charge >= 0.3 is 5.97 Å². The molecule has 0 bridgehead atoms. The third-order valence-electron chi connectivity index (χ3n) is 5.03. The Morgan fingerprint density at radius 3 is 2.74 bits per heavy atom. The van der Waals surface area contributed by atoms with Gasteiger partial charge in [-0.05, 0) is 54.5 Å². The van der Waals surface area contributed by atoms with Crippen LogP contribution in [0.4, 0.5) is 4.39 Å². The number of aromatic carboxylic acids is 1. The number of nitrogens with one attached hydrogen (secondary N) is 1. The summed E-state index contributed by atoms with van der Waals surface area (Å²) in [5.74, 6) is -1.71. The maximum atomic E-state index is 15.0. The fourth-order valence-corrected chi connectivity index (χ4v) is 3.62. The van der Waals surface area contributed by atoms with Crippen molar-refractivity contribution in [1.29, 1.82) is 0 Å². The number of carbonyl (C=O) groups is 1. The summed E-state index contributed by atoms with van der Waals surface area (Å²) in [7, 11) is 0. The molecule has 1 aliphatic rings. The summed E-state index contributed by atoms with van der Waals surface area (Å²) in [5, 5.41) is 9.34. The van der Waals surface area contributed by atoms with Gasteiger partial charge in [-0.2, -0.15) is 0 Å². The number of hydrogen-bond donors (Lipinski definition) is 3. The molecule has 0 aliphatic heterocycles. The molecule has 0 unspecified atom stereocenters. The molecule has 142 valence electrons. The van der Waals surface area contributed by atoms with Gasteiger partial charge in [-0.15, -0.1) is 12.4 Å². The Kier molecular flexibility index (Phi) is 4.84. The van der Waals surface area contributed by atoms with Crippen LogP contribution in [0.25, 0.3) is 16.8 Å². The number of carboxylic acid groups (broad SMARTS) is 1. The number of aryl methyl sites for hydroxylation is 1. The van der Waals surface area contributed by atoms with Gasteiger partial charge in [0.15, 0.2) is 0 Å². The number of halogens is 2. The van der Waals surface area contributed by atoms with Crippen molar-refractivity contribution in [2.45, 2.75) is 32.2 Å². The predicted octanol–water partition coefficient (Wildman–Crippen LogP) is 3.20. The van der Waals surface area contributed by atoms with Crippen molar-refractivity contribution in [1.82, 2.24) is 9.38 Å². The van der Waals surface area contributed by atoms with Crippen molar-refractivity contribution in [3.8, 4) is 11.3 Å². The number of nitrogens with zero attached hydrogens (tertiary/aromatic N) is 1. The van der Waals surface area contributed by atoms with Gasteiger partial charge in [0.25, 0.3) is 5.56 Å². The third kappa shape index (κ3) is 2.93. The number of nitrogens with two attached hydrogens (primary N) is 1. The summed E-state index contributed by atoms with van der Waals surface area (Å²) in [6.45, 7) is 2.00. The molecule has 4 N–H and O–H groups in total. The molecule has 8 heteroatoms. The standard InChI is InChI=1S/C19H18FN3O3.ClH/c1-9-15(16-11(7-21)4-5-22-16)14(20)8-23-17(9)12(10-2-3-10)6-13(18(23)24)19(25)26;/h4-6,8,10,22H,2-3,7,21H2,1H3,(H,25,26);1H. The van der Waals surface area contributed by atoms with Gasteiger partial charge in [0, 0.05) is 24.5 Å². The largest absolute Gasteiger partial charge is 0.477 e. The van der Waals surface area contributed by atoms with Crippen molar-refractivity contribution in [3.05, 3.63) is 63.0 Å². The predicted molar refractivity (Wildman–Crippen MR) is 102 cm³/mol. The summed E-state index contributed by atoms with van der Waals surface area (Å²) in [6, 6.07) is 3.24. The second-order valence-corrected chi connectivity index (χ2v) is 6.68. The molecule has 3 aromatic heterocycles. The summed E-state index contributed by atoms with van der Waals surface area (Å²) in [5.41, 5.74) is 8.36. The van der Waals surface area contributed by atoms with Gasteiger partial charge in [-0.3, -0.25) is 9.20 Å². The molecule has 27 heavy (non-hydrogen) atoms. The van der Waals surface area contributed by atoms with E-state index in [1.54, 1.807) is 19.2 Å². The summed E-state index contributed by atoms with van der Waals surface area (Å²) < 4.78 is 16.1. The molecule has 0 atom stereocenters. The number of rotatable bonds is 4. The van der Waals surface area contributed by atoms with E-state index in [9.17, 15) is 19.1 Å². The van der Waals surface area contributed by atoms with E-state index in [0.717, 1.165) is 34.6 Å². The van der Waals surface area contributed by atoms with Gasteiger partial charge in [0.2, 0.25) is 0 Å². The number of H-pyrrole nitrogens is 1. The lowest BCUT2D eigenvalue weighted by molar-refractivity contribution is 0.0694. The molecule has 3 aromatic rings. The van der Waals surface area contributed by atoms with Crippen LogP contribution in [-0.4, -0.2) is 20.5 Å². The molecule has 0 aromatic carbocycles. The van der Waals surface area contributed by atoms with Gasteiger partial charge in [-0.1, -0.05) is 0 Å². The van der Waals surface area contributed by atoms with Crippen LogP contribution in [0.15, 0.2) is 29.3 Å². The van der Waals surface area contributed by atoms with Gasteiger partial charge in [0.1, 0.15) is 11.4 Å². The number of aromatic amines is 1. The van der Waals surface area contributed by atoms with Crippen molar-refractivity contribution >= 4 is 23.9 Å². The molecule has 0 spiro atoms. The smallest absolute Gasteiger partial charge is 0.341 e. The first-order valence-electron chi connectivity index (χ1n) is 8.42. The van der Waals surface area contributed by atoms with E-state index >= 15 is 0 Å². The highest BCUT2D eigenvalue weighted by molar-refractivity contribution is 5.89. The first-order chi connectivity index (χ1) is 12.4. The molecule has 1 fully saturated rings. The summed E-state index contributed by atoms with van der Waals surface area (Å²) in [4.78, 5) is 27.0. The van der Waals surface area contributed by atoms with Crippen molar-refractivity contribution in [2.75, 3.05) is 0 Å². The van der Waals surface area contributed by atoms with Crippen LogP contribution >= 0.6 is 12.4 Å². The van der Waals surface area contributed by atoms with E-state index < -0.39 is 17.3 Å². The lowest BCUT2D eigenvalue weighted by Crippen LogP contribution is -2.24. The first kappa shape index (κ1) is 19.1. The van der Waals surface area contributed by atoms with Crippen LogP contribution in [0, 0.1) is 12.7 Å². The SMILES string of the molecule is Cc1c(-c2[nH]ccc2CN)c(F)cn2c(=O)c(C(=O)O)cc(C3CC3)c12.Cl. The van der Waals surface area contributed by atoms with Crippen LogP contribution in [0.3, 0.4) is 0 Å². The molecular weight excluding hydrogens is 373 g/mol. The zero-order valence-electron chi connectivity index (χ0n) is 14.6. The maximum absolute atomic E-state index is 15.0. The highest BCUT2D eigenvalue weighted by atomic mass is 35.5. The Bertz CT molecular complexity index is 1120.